The number of aromatic hydroxyl groups is 1. The van der Waals surface area contributed by atoms with Gasteiger partial charge in [0, 0.05) is 36.7 Å². The van der Waals surface area contributed by atoms with Crippen LogP contribution in [-0.4, -0.2) is 53.4 Å². The molecule has 4 unspecified atom stereocenters. The maximum absolute atomic E-state index is 10.5. The topological polar surface area (TPSA) is 55.7 Å². The molecule has 3 aliphatic heterocycles. The highest BCUT2D eigenvalue weighted by atomic mass is 16.3. The molecule has 6 bridgehead atoms. The highest BCUT2D eigenvalue weighted by Crippen LogP contribution is 2.38. The first-order chi connectivity index (χ1) is 11.1. The lowest BCUT2D eigenvalue weighted by molar-refractivity contribution is 0.134. The van der Waals surface area contributed by atoms with Gasteiger partial charge in [0.2, 0.25) is 0 Å². The van der Waals surface area contributed by atoms with Crippen LogP contribution in [0.4, 0.5) is 0 Å². The van der Waals surface area contributed by atoms with Gasteiger partial charge in [-0.3, -0.25) is 0 Å². The maximum Gasteiger partial charge on any atom is 0.119 e. The number of nitrogens with zero attached hydrogens (tertiary/aromatic N) is 1. The van der Waals surface area contributed by atoms with E-state index in [1.165, 1.54) is 11.1 Å². The number of aliphatic hydroxyl groups excluding tert-OH is 1. The average molecular weight is 314 g/mol. The molecular weight excluding hydrogens is 288 g/mol. The molecule has 1 aromatic rings. The molecule has 0 radical (unpaired) electrons. The van der Waals surface area contributed by atoms with Crippen molar-refractivity contribution in [3.63, 3.8) is 0 Å². The van der Waals surface area contributed by atoms with Crippen LogP contribution in [-0.2, 0) is 6.42 Å². The molecule has 4 nitrogen and oxygen atoms in total. The van der Waals surface area contributed by atoms with Gasteiger partial charge in [0.05, 0.1) is 6.10 Å². The van der Waals surface area contributed by atoms with Gasteiger partial charge in [0.25, 0.3) is 0 Å². The number of nitrogens with one attached hydrogen (secondary N) is 1. The Hall–Kier alpha value is -1.36. The van der Waals surface area contributed by atoms with Crippen LogP contribution in [0.25, 0.3) is 0 Å². The predicted octanol–water partition coefficient (Wildman–Crippen LogP) is 1.78. The molecule has 3 heterocycles. The van der Waals surface area contributed by atoms with E-state index in [9.17, 15) is 10.2 Å². The summed E-state index contributed by atoms with van der Waals surface area (Å²) in [4.78, 5) is 2.48. The number of phenolic OH excluding ortho intramolecular Hbond substituents is 1. The summed E-state index contributed by atoms with van der Waals surface area (Å²) in [5.41, 5.74) is 3.54. The van der Waals surface area contributed by atoms with Crippen molar-refractivity contribution >= 4 is 0 Å². The fourth-order valence-electron chi connectivity index (χ4n) is 4.40. The maximum atomic E-state index is 10.5. The van der Waals surface area contributed by atoms with Gasteiger partial charge in [-0.2, -0.15) is 0 Å². The second-order valence-corrected chi connectivity index (χ2v) is 7.46. The highest BCUT2D eigenvalue weighted by Gasteiger charge is 2.31. The minimum absolute atomic E-state index is 0.0741. The molecule has 0 spiro atoms. The Morgan fingerprint density at radius 3 is 2.96 bits per heavy atom. The summed E-state index contributed by atoms with van der Waals surface area (Å²) in [6.07, 6.45) is 5.59. The Kier molecular flexibility index (Phi) is 3.92. The largest absolute Gasteiger partial charge is 0.508 e. The fraction of sp³-hybridized carbons (Fsp3) is 0.579. The summed E-state index contributed by atoms with van der Waals surface area (Å²) < 4.78 is 0. The molecule has 4 heteroatoms. The van der Waals surface area contributed by atoms with E-state index in [-0.39, 0.29) is 5.92 Å². The number of likely N-dealkylation sites (N-methyl/N-ethyl adjacent to an activating group) is 1. The third kappa shape index (κ3) is 2.91. The summed E-state index contributed by atoms with van der Waals surface area (Å²) in [5.74, 6) is 0.234. The van der Waals surface area contributed by atoms with Gasteiger partial charge in [-0.15, -0.1) is 0 Å². The van der Waals surface area contributed by atoms with Gasteiger partial charge >= 0.3 is 0 Å². The van der Waals surface area contributed by atoms with Crippen LogP contribution >= 0.6 is 0 Å². The predicted molar refractivity (Wildman–Crippen MR) is 90.7 cm³/mol. The van der Waals surface area contributed by atoms with E-state index >= 15 is 0 Å². The van der Waals surface area contributed by atoms with Crippen molar-refractivity contribution in [1.29, 1.82) is 0 Å². The van der Waals surface area contributed by atoms with Gasteiger partial charge in [-0.05, 0) is 44.4 Å². The molecular formula is C19H26N2O2. The van der Waals surface area contributed by atoms with Crippen molar-refractivity contribution in [1.82, 2.24) is 10.2 Å². The summed E-state index contributed by atoms with van der Waals surface area (Å²) in [6, 6.07) is 6.88. The number of piperazine rings is 1. The van der Waals surface area contributed by atoms with Crippen LogP contribution in [0, 0.1) is 0 Å². The number of hydrogen-bond donors (Lipinski definition) is 3. The lowest BCUT2D eigenvalue weighted by Gasteiger charge is -2.40. The summed E-state index contributed by atoms with van der Waals surface area (Å²) in [7, 11) is 2.22. The molecule has 0 aromatic heterocycles. The van der Waals surface area contributed by atoms with E-state index in [1.807, 2.05) is 6.07 Å². The molecule has 23 heavy (non-hydrogen) atoms. The minimum atomic E-state index is -0.393. The van der Waals surface area contributed by atoms with Crippen LogP contribution in [0.3, 0.4) is 0 Å². The smallest absolute Gasteiger partial charge is 0.119 e. The first-order valence-electron chi connectivity index (χ1n) is 8.73. The van der Waals surface area contributed by atoms with Gasteiger partial charge in [-0.25, -0.2) is 0 Å². The summed E-state index contributed by atoms with van der Waals surface area (Å²) in [5, 5.41) is 24.5. The van der Waals surface area contributed by atoms with E-state index < -0.39 is 6.10 Å². The average Bonchev–Trinajstić information content (AvgIpc) is 2.53. The second kappa shape index (κ2) is 5.93. The number of benzene rings is 1. The lowest BCUT2D eigenvalue weighted by atomic mass is 9.80. The monoisotopic (exact) mass is 314 g/mol. The van der Waals surface area contributed by atoms with Crippen LogP contribution < -0.4 is 5.32 Å². The van der Waals surface area contributed by atoms with E-state index in [0.717, 1.165) is 44.3 Å². The quantitative estimate of drug-likeness (QED) is 0.639. The molecule has 4 aliphatic rings. The first kappa shape index (κ1) is 15.2. The standard InChI is InChI=1S/C19H26N2O2/c1-21-11-14-6-12-2-4-18(22)16(8-12)17-9-13(3-5-19(17)23)7-15(21)10-20-14/h2,4,8-9,14-15,17,19-20,22-23H,3,5-7,10-11H2,1H3. The lowest BCUT2D eigenvalue weighted by Crippen LogP contribution is -2.55. The molecule has 1 aliphatic carbocycles. The zero-order valence-electron chi connectivity index (χ0n) is 13.7. The van der Waals surface area contributed by atoms with Crippen LogP contribution in [0.15, 0.2) is 29.8 Å². The van der Waals surface area contributed by atoms with Crippen molar-refractivity contribution in [3.05, 3.63) is 41.0 Å². The zero-order valence-corrected chi connectivity index (χ0v) is 13.7. The molecule has 0 saturated carbocycles. The van der Waals surface area contributed by atoms with E-state index in [2.05, 4.69) is 29.4 Å². The molecule has 3 N–H and O–H groups in total. The number of fused-ring (bicyclic) bond motifs is 2. The molecule has 1 aromatic carbocycles. The van der Waals surface area contributed by atoms with Crippen LogP contribution in [0.1, 0.15) is 36.3 Å². The SMILES string of the molecule is CN1CC2Cc3ccc(O)c(c3)C3C=C(CCC3O)CC1CN2. The Morgan fingerprint density at radius 2 is 2.13 bits per heavy atom. The van der Waals surface area contributed by atoms with Crippen LogP contribution in [0.2, 0.25) is 0 Å². The van der Waals surface area contributed by atoms with Gasteiger partial charge in [0.1, 0.15) is 5.75 Å². The number of phenols is 1. The number of rotatable bonds is 0. The van der Waals surface area contributed by atoms with Crippen molar-refractivity contribution in [2.24, 2.45) is 0 Å². The molecule has 1 fully saturated rings. The zero-order chi connectivity index (χ0) is 16.0. The fourth-order valence-corrected chi connectivity index (χ4v) is 4.40. The molecule has 4 atom stereocenters. The number of hydrogen-bond acceptors (Lipinski definition) is 4. The van der Waals surface area contributed by atoms with Crippen molar-refractivity contribution in [2.45, 2.75) is 49.8 Å². The first-order valence-corrected chi connectivity index (χ1v) is 8.73. The second-order valence-electron chi connectivity index (χ2n) is 7.46. The Morgan fingerprint density at radius 1 is 1.26 bits per heavy atom. The van der Waals surface area contributed by atoms with Crippen molar-refractivity contribution in [2.75, 3.05) is 20.1 Å². The Labute approximate surface area is 137 Å². The minimum Gasteiger partial charge on any atom is -0.508 e. The molecule has 124 valence electrons. The Bertz CT molecular complexity index is 628. The van der Waals surface area contributed by atoms with E-state index in [0.29, 0.717) is 17.8 Å². The summed E-state index contributed by atoms with van der Waals surface area (Å²) >= 11 is 0. The van der Waals surface area contributed by atoms with E-state index in [4.69, 9.17) is 0 Å². The third-order valence-electron chi connectivity index (χ3n) is 5.80. The highest BCUT2D eigenvalue weighted by molar-refractivity contribution is 5.43. The third-order valence-corrected chi connectivity index (χ3v) is 5.80. The van der Waals surface area contributed by atoms with Gasteiger partial charge in [0.15, 0.2) is 0 Å². The van der Waals surface area contributed by atoms with Gasteiger partial charge < -0.3 is 20.4 Å². The van der Waals surface area contributed by atoms with Crippen molar-refractivity contribution < 1.29 is 10.2 Å². The number of aliphatic hydroxyl groups is 1. The van der Waals surface area contributed by atoms with E-state index in [1.54, 1.807) is 6.07 Å². The normalized spacial score (nSPS) is 34.4. The van der Waals surface area contributed by atoms with Gasteiger partial charge in [-0.1, -0.05) is 23.8 Å². The molecule has 1 saturated heterocycles. The molecule has 5 rings (SSSR count). The van der Waals surface area contributed by atoms with Crippen LogP contribution in [0.5, 0.6) is 5.75 Å². The molecule has 0 amide bonds. The summed E-state index contributed by atoms with van der Waals surface area (Å²) in [6.45, 7) is 2.08. The van der Waals surface area contributed by atoms with Crippen molar-refractivity contribution in [3.8, 4) is 5.75 Å². The Balaban J connectivity index is 1.79.